The summed E-state index contributed by atoms with van der Waals surface area (Å²) >= 11 is 0. The third-order valence-electron chi connectivity index (χ3n) is 20.0. The molecule has 2 unspecified atom stereocenters. The molecule has 5 fully saturated rings. The van der Waals surface area contributed by atoms with E-state index in [9.17, 15) is 94.7 Å². The Labute approximate surface area is 756 Å². The molecule has 38 nitrogen and oxygen atoms in total. The number of hydrogen-bond acceptors (Lipinski definition) is 27. The van der Waals surface area contributed by atoms with Gasteiger partial charge in [0, 0.05) is 37.0 Å². The summed E-state index contributed by atoms with van der Waals surface area (Å²) in [5.41, 5.74) is -1.34. The van der Waals surface area contributed by atoms with E-state index in [2.05, 4.69) is 35.5 Å². The highest BCUT2D eigenvalue weighted by molar-refractivity contribution is 7.85. The van der Waals surface area contributed by atoms with Crippen LogP contribution in [0.3, 0.4) is 0 Å². The number of Topliss-reactive ketones (excluding diaryl/α,β-unsaturated/α-hetero) is 7. The van der Waals surface area contributed by atoms with Crippen LogP contribution in [0.4, 0.5) is 33.6 Å². The lowest BCUT2D eigenvalue weighted by Crippen LogP contribution is -2.55. The molecule has 730 valence electrons. The van der Waals surface area contributed by atoms with Crippen molar-refractivity contribution in [3.63, 3.8) is 0 Å². The molecule has 39 heteroatoms. The van der Waals surface area contributed by atoms with Gasteiger partial charge < -0.3 is 74.1 Å². The molecule has 0 radical (unpaired) electrons. The number of nitrogens with zero attached hydrogens (tertiary/aromatic N) is 5. The van der Waals surface area contributed by atoms with Crippen molar-refractivity contribution in [1.82, 2.24) is 45.8 Å². The highest BCUT2D eigenvalue weighted by atomic mass is 32.2. The van der Waals surface area contributed by atoms with Crippen LogP contribution in [0.15, 0.2) is 29.2 Å². The highest BCUT2D eigenvalue weighted by Crippen LogP contribution is 2.32. The molecule has 0 spiro atoms. The monoisotopic (exact) mass is 1840 g/mol. The molecule has 6 N–H and O–H groups in total. The van der Waals surface area contributed by atoms with Gasteiger partial charge in [0.2, 0.25) is 17.7 Å². The minimum absolute atomic E-state index is 0.0109. The van der Waals surface area contributed by atoms with Crippen LogP contribution in [-0.2, 0) is 96.0 Å². The quantitative estimate of drug-likeness (QED) is 0.0521. The Hall–Kier alpha value is -10.2. The molecule has 5 aliphatic rings. The number of imide groups is 1. The molecule has 13 atom stereocenters. The molecule has 1 aromatic rings. The predicted molar refractivity (Wildman–Crippen MR) is 474 cm³/mol. The SMILES string of the molecule is CC(=O)CC[C@H](NC(=O)OC(C)(C)C)C(C)=O.CC(=O)[C@@H]1CCC(=O)N1C(=O)OC(C)(C)C.CC(=O)[C@@H]1CC[C@H](C)N1C(=O)OC(C)(C)C.CC(=O)[C@@H]1CC[C@H](C)N1C(=O)OC(C)(C)C.COC(=O)NC(C(=O)N1[C@@H](C)CC[C@H]1C(C)=O)C(C)C.COC(=O)NC(C(=O)N1[C@@H](C)CC[C@H]1C(C)=O)C(C)C.COC(=O)N[C@H](C(=O)O)C(C)C.Cc1ccc(S(=O)(=O)O)cc1. The van der Waals surface area contributed by atoms with Gasteiger partial charge in [0.25, 0.3) is 10.1 Å². The number of methoxy groups -OCH3 is 3. The maximum atomic E-state index is 12.7. The molecule has 0 aliphatic carbocycles. The number of ketones is 7. The van der Waals surface area contributed by atoms with Gasteiger partial charge >= 0.3 is 48.6 Å². The van der Waals surface area contributed by atoms with Gasteiger partial charge in [-0.1, -0.05) is 59.2 Å². The number of rotatable bonds is 20. The van der Waals surface area contributed by atoms with Crippen molar-refractivity contribution in [2.75, 3.05) is 21.3 Å². The minimum atomic E-state index is -4.02. The summed E-state index contributed by atoms with van der Waals surface area (Å²) < 4.78 is 63.7. The normalized spacial score (nSPS) is 20.3. The second-order valence-corrected chi connectivity index (χ2v) is 38.6. The number of aryl methyl sites for hydroxylation is 1. The molecule has 0 bridgehead atoms. The van der Waals surface area contributed by atoms with Crippen molar-refractivity contribution in [2.45, 2.75) is 391 Å². The summed E-state index contributed by atoms with van der Waals surface area (Å²) in [5.74, 6) is -2.48. The number of carboxylic acids is 1. The van der Waals surface area contributed by atoms with E-state index in [-0.39, 0.29) is 154 Å². The molecule has 0 saturated carbocycles. The number of carbonyl (C=O) groups is 18. The Balaban J connectivity index is 0. The van der Waals surface area contributed by atoms with Crippen LogP contribution in [0.2, 0.25) is 0 Å². The molecule has 10 amide bonds. The molecular weight excluding hydrogens is 1690 g/mol. The summed E-state index contributed by atoms with van der Waals surface area (Å²) in [6, 6.07) is 1.28. The number of amides is 10. The molecule has 6 rings (SSSR count). The van der Waals surface area contributed by atoms with Crippen molar-refractivity contribution in [3.05, 3.63) is 29.8 Å². The van der Waals surface area contributed by atoms with Crippen LogP contribution < -0.4 is 21.3 Å². The first-order valence-corrected chi connectivity index (χ1v) is 44.3. The van der Waals surface area contributed by atoms with Crippen molar-refractivity contribution in [3.8, 4) is 0 Å². The van der Waals surface area contributed by atoms with E-state index in [0.29, 0.717) is 25.7 Å². The summed E-state index contributed by atoms with van der Waals surface area (Å²) in [7, 11) is -0.315. The molecular formula is C89H149N9O29S. The van der Waals surface area contributed by atoms with Gasteiger partial charge in [-0.05, 0) is 260 Å². The van der Waals surface area contributed by atoms with Gasteiger partial charge in [-0.2, -0.15) is 8.42 Å². The fourth-order valence-electron chi connectivity index (χ4n) is 13.4. The number of carboxylic acid groups (broad SMARTS) is 1. The van der Waals surface area contributed by atoms with Crippen molar-refractivity contribution >= 4 is 117 Å². The first-order chi connectivity index (χ1) is 58.3. The first-order valence-electron chi connectivity index (χ1n) is 42.9. The second-order valence-electron chi connectivity index (χ2n) is 37.1. The number of alkyl carbamates (subject to hydrolysis) is 4. The molecule has 128 heavy (non-hydrogen) atoms. The van der Waals surface area contributed by atoms with Crippen molar-refractivity contribution < 1.29 is 138 Å². The fourth-order valence-corrected chi connectivity index (χ4v) is 13.9. The topological polar surface area (TPSA) is 511 Å². The van der Waals surface area contributed by atoms with Crippen LogP contribution in [-0.4, -0.2) is 272 Å². The number of ether oxygens (including phenoxy) is 7. The summed E-state index contributed by atoms with van der Waals surface area (Å²) in [5, 5.41) is 18.4. The lowest BCUT2D eigenvalue weighted by molar-refractivity contribution is -0.141. The fraction of sp³-hybridized carbons (Fsp3) is 0.730. The summed E-state index contributed by atoms with van der Waals surface area (Å²) in [6.07, 6.45) is 3.28. The number of carbonyl (C=O) groups excluding carboxylic acids is 17. The standard InChI is InChI=1S/2C14H24N2O4.C12H21NO4.2C12H21NO3.C11H17NO4.C7H13NO4.C7H8O3S/c2*1-8(2)12(15-14(19)20-5)13(18)16-9(3)6-7-11(16)10(4)17;1-8(14)6-7-10(9(2)15)13-11(16)17-12(3,4)5;2*1-8-6-7-10(9(2)14)13(8)11(15)16-12(3,4)5;1-7(13)8-5-6-9(14)12(8)10(15)16-11(2,3)4;1-4(2)5(6(9)10)8-7(11)12-3;1-6-2-4-7(5-3-6)11(8,9)10/h2*8-9,11-12H,6-7H2,1-5H3,(H,15,19);10H,6-7H2,1-5H3,(H,13,16);2*8,10H,6-7H2,1-5H3;8H,5-6H2,1-4H3;4-5H,1-3H3,(H,8,11)(H,9,10);2-5H,1H3,(H,8,9,10)/t2*9-,11-,12?;10-;2*8-,10-;8-;5-;/m0000000./s1. The number of benzene rings is 1. The van der Waals surface area contributed by atoms with E-state index < -0.39 is 99.2 Å². The maximum absolute atomic E-state index is 12.7. The van der Waals surface area contributed by atoms with Gasteiger partial charge in [0.15, 0.2) is 34.7 Å². The second kappa shape index (κ2) is 54.3. The third-order valence-corrected chi connectivity index (χ3v) is 20.9. The van der Waals surface area contributed by atoms with E-state index in [1.54, 1.807) is 87.1 Å². The Kier molecular flexibility index (Phi) is 50.9. The molecule has 5 heterocycles. The van der Waals surface area contributed by atoms with Crippen LogP contribution >= 0.6 is 0 Å². The van der Waals surface area contributed by atoms with E-state index in [1.807, 2.05) is 104 Å². The summed E-state index contributed by atoms with van der Waals surface area (Å²) in [4.78, 5) is 215. The van der Waals surface area contributed by atoms with E-state index in [1.165, 1.54) is 81.9 Å². The van der Waals surface area contributed by atoms with Gasteiger partial charge in [0.05, 0.1) is 56.4 Å². The third kappa shape index (κ3) is 44.2. The average molecular weight is 1840 g/mol. The zero-order chi connectivity index (χ0) is 100. The summed E-state index contributed by atoms with van der Waals surface area (Å²) in [6.45, 7) is 52.0. The first kappa shape index (κ1) is 120. The number of nitrogens with one attached hydrogen (secondary N) is 4. The largest absolute Gasteiger partial charge is 0.480 e. The lowest BCUT2D eigenvalue weighted by atomic mass is 10.0. The van der Waals surface area contributed by atoms with Crippen LogP contribution in [0.25, 0.3) is 0 Å². The average Bonchev–Trinajstić information content (AvgIpc) is 1.68. The van der Waals surface area contributed by atoms with Crippen molar-refractivity contribution in [2.24, 2.45) is 17.8 Å². The molecule has 0 aromatic heterocycles. The highest BCUT2D eigenvalue weighted by Gasteiger charge is 2.46. The minimum Gasteiger partial charge on any atom is -0.480 e. The van der Waals surface area contributed by atoms with E-state index >= 15 is 0 Å². The van der Waals surface area contributed by atoms with Gasteiger partial charge in [-0.25, -0.2) is 43.3 Å². The van der Waals surface area contributed by atoms with Gasteiger partial charge in [-0.3, -0.25) is 57.5 Å². The smallest absolute Gasteiger partial charge is 0.417 e. The van der Waals surface area contributed by atoms with Gasteiger partial charge in [-0.15, -0.1) is 0 Å². The Morgan fingerprint density at radius 2 is 0.703 bits per heavy atom. The Morgan fingerprint density at radius 3 is 0.961 bits per heavy atom. The van der Waals surface area contributed by atoms with Crippen LogP contribution in [0, 0.1) is 24.7 Å². The zero-order valence-corrected chi connectivity index (χ0v) is 82.4. The number of hydrogen-bond donors (Lipinski definition) is 6. The predicted octanol–water partition coefficient (Wildman–Crippen LogP) is 12.4. The molecule has 5 aliphatic heterocycles. The van der Waals surface area contributed by atoms with E-state index in [0.717, 1.165) is 49.0 Å². The Morgan fingerprint density at radius 1 is 0.414 bits per heavy atom. The molecule has 1 aromatic carbocycles. The van der Waals surface area contributed by atoms with Crippen LogP contribution in [0.1, 0.15) is 283 Å². The zero-order valence-electron chi connectivity index (χ0n) is 81.6. The maximum Gasteiger partial charge on any atom is 0.417 e. The number of aliphatic carboxylic acids is 1. The Bertz CT molecular complexity index is 3910. The number of likely N-dealkylation sites (tertiary alicyclic amines) is 5. The van der Waals surface area contributed by atoms with E-state index in [4.69, 9.17) is 28.6 Å². The van der Waals surface area contributed by atoms with Crippen molar-refractivity contribution in [1.29, 1.82) is 0 Å². The van der Waals surface area contributed by atoms with Crippen LogP contribution in [0.5, 0.6) is 0 Å². The lowest BCUT2D eigenvalue weighted by Gasteiger charge is -2.32. The van der Waals surface area contributed by atoms with Gasteiger partial charge in [0.1, 0.15) is 52.4 Å². The molecule has 5 saturated heterocycles.